The summed E-state index contributed by atoms with van der Waals surface area (Å²) in [6, 6.07) is 0. The van der Waals surface area contributed by atoms with Gasteiger partial charge in [0.15, 0.2) is 0 Å². The quantitative estimate of drug-likeness (QED) is 0.790. The van der Waals surface area contributed by atoms with E-state index in [0.29, 0.717) is 19.6 Å². The fourth-order valence-corrected chi connectivity index (χ4v) is 2.92. The van der Waals surface area contributed by atoms with Crippen molar-refractivity contribution in [2.24, 2.45) is 5.73 Å². The molecule has 0 aromatic carbocycles. The Morgan fingerprint density at radius 2 is 2.21 bits per heavy atom. The van der Waals surface area contributed by atoms with E-state index in [0.717, 1.165) is 25.7 Å². The second kappa shape index (κ2) is 5.29. The number of nitrogens with zero attached hydrogens (tertiary/aromatic N) is 1. The van der Waals surface area contributed by atoms with Gasteiger partial charge in [0, 0.05) is 13.1 Å². The average molecular weight is 270 g/mol. The number of hydrogen-bond acceptors (Lipinski definition) is 4. The summed E-state index contributed by atoms with van der Waals surface area (Å²) in [4.78, 5) is 13.8. The molecule has 0 aromatic rings. The summed E-state index contributed by atoms with van der Waals surface area (Å²) in [7, 11) is 0. The van der Waals surface area contributed by atoms with Crippen LogP contribution in [0.25, 0.3) is 0 Å². The number of amides is 1. The van der Waals surface area contributed by atoms with Crippen LogP contribution in [0, 0.1) is 0 Å². The highest BCUT2D eigenvalue weighted by atomic mass is 16.6. The van der Waals surface area contributed by atoms with Crippen LogP contribution in [0.5, 0.6) is 0 Å². The van der Waals surface area contributed by atoms with Crippen molar-refractivity contribution in [2.75, 3.05) is 19.6 Å². The largest absolute Gasteiger partial charge is 0.444 e. The zero-order chi connectivity index (χ0) is 14.1. The number of carbonyl (C=O) groups excluding carboxylic acids is 1. The van der Waals surface area contributed by atoms with E-state index >= 15 is 0 Å². The molecule has 5 heteroatoms. The van der Waals surface area contributed by atoms with Gasteiger partial charge in [-0.2, -0.15) is 0 Å². The first-order chi connectivity index (χ1) is 8.84. The van der Waals surface area contributed by atoms with Gasteiger partial charge in [-0.05, 0) is 46.5 Å². The van der Waals surface area contributed by atoms with Gasteiger partial charge in [-0.3, -0.25) is 0 Å². The highest BCUT2D eigenvalue weighted by Crippen LogP contribution is 2.36. The Hall–Kier alpha value is -0.810. The van der Waals surface area contributed by atoms with Gasteiger partial charge in [0.2, 0.25) is 0 Å². The summed E-state index contributed by atoms with van der Waals surface area (Å²) in [5, 5.41) is 0. The van der Waals surface area contributed by atoms with Gasteiger partial charge in [-0.15, -0.1) is 0 Å². The number of rotatable bonds is 1. The number of likely N-dealkylation sites (tertiary alicyclic amines) is 1. The highest BCUT2D eigenvalue weighted by molar-refractivity contribution is 5.68. The van der Waals surface area contributed by atoms with Crippen molar-refractivity contribution in [3.05, 3.63) is 0 Å². The molecule has 2 rings (SSSR count). The van der Waals surface area contributed by atoms with Crippen molar-refractivity contribution in [3.63, 3.8) is 0 Å². The summed E-state index contributed by atoms with van der Waals surface area (Å²) < 4.78 is 11.5. The summed E-state index contributed by atoms with van der Waals surface area (Å²) in [5.41, 5.74) is 5.08. The number of nitrogens with two attached hydrogens (primary N) is 1. The lowest BCUT2D eigenvalue weighted by atomic mass is 9.90. The molecular weight excluding hydrogens is 244 g/mol. The van der Waals surface area contributed by atoms with Crippen LogP contribution in [0.2, 0.25) is 0 Å². The second-order valence-corrected chi connectivity index (χ2v) is 6.70. The van der Waals surface area contributed by atoms with Crippen LogP contribution in [0.4, 0.5) is 4.79 Å². The van der Waals surface area contributed by atoms with E-state index in [2.05, 4.69) is 0 Å². The van der Waals surface area contributed by atoms with Crippen molar-refractivity contribution in [3.8, 4) is 0 Å². The molecule has 2 aliphatic heterocycles. The van der Waals surface area contributed by atoms with Gasteiger partial charge in [-0.25, -0.2) is 4.79 Å². The Bertz CT molecular complexity index is 340. The van der Waals surface area contributed by atoms with Crippen LogP contribution in [-0.2, 0) is 9.47 Å². The first-order valence-electron chi connectivity index (χ1n) is 7.19. The molecule has 2 saturated heterocycles. The molecule has 2 aliphatic rings. The van der Waals surface area contributed by atoms with Crippen molar-refractivity contribution in [2.45, 2.75) is 63.8 Å². The number of carbonyl (C=O) groups is 1. The zero-order valence-corrected chi connectivity index (χ0v) is 12.3. The summed E-state index contributed by atoms with van der Waals surface area (Å²) in [5.74, 6) is 0. The Morgan fingerprint density at radius 1 is 1.47 bits per heavy atom. The van der Waals surface area contributed by atoms with Gasteiger partial charge < -0.3 is 20.1 Å². The molecule has 2 heterocycles. The molecule has 2 unspecified atom stereocenters. The summed E-state index contributed by atoms with van der Waals surface area (Å²) >= 11 is 0. The third-order valence-electron chi connectivity index (χ3n) is 3.81. The van der Waals surface area contributed by atoms with Crippen molar-refractivity contribution in [1.82, 2.24) is 4.90 Å². The minimum Gasteiger partial charge on any atom is -0.444 e. The molecule has 0 aromatic heterocycles. The Morgan fingerprint density at radius 3 is 2.84 bits per heavy atom. The van der Waals surface area contributed by atoms with Crippen molar-refractivity contribution in [1.29, 1.82) is 0 Å². The van der Waals surface area contributed by atoms with Crippen LogP contribution in [-0.4, -0.2) is 47.9 Å². The van der Waals surface area contributed by atoms with E-state index < -0.39 is 5.60 Å². The average Bonchev–Trinajstić information content (AvgIpc) is 2.71. The zero-order valence-electron chi connectivity index (χ0n) is 12.3. The van der Waals surface area contributed by atoms with Crippen LogP contribution >= 0.6 is 0 Å². The predicted molar refractivity (Wildman–Crippen MR) is 72.9 cm³/mol. The van der Waals surface area contributed by atoms with E-state index in [1.165, 1.54) is 0 Å². The molecule has 0 saturated carbocycles. The molecule has 5 nitrogen and oxygen atoms in total. The molecule has 2 N–H and O–H groups in total. The van der Waals surface area contributed by atoms with Gasteiger partial charge in [0.05, 0.1) is 18.2 Å². The molecule has 110 valence electrons. The van der Waals surface area contributed by atoms with Gasteiger partial charge >= 0.3 is 6.09 Å². The van der Waals surface area contributed by atoms with Gasteiger partial charge in [0.1, 0.15) is 5.60 Å². The Balaban J connectivity index is 1.93. The highest BCUT2D eigenvalue weighted by Gasteiger charge is 2.44. The standard InChI is InChI=1S/C14H26N2O3/c1-13(2,3)19-12(17)16-8-7-14(10-16)6-4-5-11(9-15)18-14/h11H,4-10,15H2,1-3H3. The molecule has 2 fully saturated rings. The minimum absolute atomic E-state index is 0.146. The molecule has 2 atom stereocenters. The van der Waals surface area contributed by atoms with E-state index in [1.807, 2.05) is 20.8 Å². The van der Waals surface area contributed by atoms with E-state index in [1.54, 1.807) is 4.90 Å². The van der Waals surface area contributed by atoms with E-state index in [-0.39, 0.29) is 17.8 Å². The number of hydrogen-bond donors (Lipinski definition) is 1. The Kier molecular flexibility index (Phi) is 4.06. The first-order valence-corrected chi connectivity index (χ1v) is 7.19. The van der Waals surface area contributed by atoms with Crippen molar-refractivity contribution < 1.29 is 14.3 Å². The molecule has 0 bridgehead atoms. The van der Waals surface area contributed by atoms with Crippen LogP contribution in [0.15, 0.2) is 0 Å². The third kappa shape index (κ3) is 3.60. The Labute approximate surface area is 115 Å². The summed E-state index contributed by atoms with van der Waals surface area (Å²) in [6.07, 6.45) is 3.98. The maximum atomic E-state index is 12.1. The topological polar surface area (TPSA) is 64.8 Å². The van der Waals surface area contributed by atoms with Crippen LogP contribution in [0.3, 0.4) is 0 Å². The third-order valence-corrected chi connectivity index (χ3v) is 3.81. The second-order valence-electron chi connectivity index (χ2n) is 6.70. The SMILES string of the molecule is CC(C)(C)OC(=O)N1CCC2(CCCC(CN)O2)C1. The molecular formula is C14H26N2O3. The van der Waals surface area contributed by atoms with Gasteiger partial charge in [0.25, 0.3) is 0 Å². The molecule has 0 aliphatic carbocycles. The fraction of sp³-hybridized carbons (Fsp3) is 0.929. The molecule has 0 radical (unpaired) electrons. The lowest BCUT2D eigenvalue weighted by molar-refractivity contribution is -0.116. The molecule has 19 heavy (non-hydrogen) atoms. The van der Waals surface area contributed by atoms with Gasteiger partial charge in [-0.1, -0.05) is 0 Å². The van der Waals surface area contributed by atoms with E-state index in [9.17, 15) is 4.79 Å². The normalized spacial score (nSPS) is 31.8. The lowest BCUT2D eigenvalue weighted by Gasteiger charge is -2.38. The monoisotopic (exact) mass is 270 g/mol. The number of ether oxygens (including phenoxy) is 2. The summed E-state index contributed by atoms with van der Waals surface area (Å²) in [6.45, 7) is 7.58. The first kappa shape index (κ1) is 14.6. The van der Waals surface area contributed by atoms with E-state index in [4.69, 9.17) is 15.2 Å². The molecule has 1 amide bonds. The smallest absolute Gasteiger partial charge is 0.410 e. The van der Waals surface area contributed by atoms with Crippen LogP contribution in [0.1, 0.15) is 46.5 Å². The predicted octanol–water partition coefficient (Wildman–Crippen LogP) is 1.89. The molecule has 1 spiro atoms. The maximum absolute atomic E-state index is 12.1. The van der Waals surface area contributed by atoms with Crippen LogP contribution < -0.4 is 5.73 Å². The maximum Gasteiger partial charge on any atom is 0.410 e. The fourth-order valence-electron chi connectivity index (χ4n) is 2.92. The minimum atomic E-state index is -0.444. The lowest BCUT2D eigenvalue weighted by Crippen LogP contribution is -2.46. The van der Waals surface area contributed by atoms with Crippen molar-refractivity contribution >= 4 is 6.09 Å².